The third-order valence-electron chi connectivity index (χ3n) is 5.45. The fourth-order valence-electron chi connectivity index (χ4n) is 3.62. The molecule has 176 valence electrons. The maximum atomic E-state index is 13.1. The number of amides is 1. The van der Waals surface area contributed by atoms with Crippen molar-refractivity contribution in [3.8, 4) is 5.69 Å². The molecule has 4 aromatic rings. The van der Waals surface area contributed by atoms with Crippen molar-refractivity contribution in [3.05, 3.63) is 73.9 Å². The van der Waals surface area contributed by atoms with Crippen molar-refractivity contribution in [1.29, 1.82) is 0 Å². The lowest BCUT2D eigenvalue weighted by Gasteiger charge is -2.10. The first-order valence-corrected chi connectivity index (χ1v) is 10.8. The van der Waals surface area contributed by atoms with E-state index in [2.05, 4.69) is 15.5 Å². The van der Waals surface area contributed by atoms with Crippen LogP contribution >= 0.6 is 11.3 Å². The zero-order valence-electron chi connectivity index (χ0n) is 18.4. The van der Waals surface area contributed by atoms with Gasteiger partial charge in [-0.3, -0.25) is 19.8 Å². The number of thiophene rings is 1. The molecule has 0 saturated heterocycles. The highest BCUT2D eigenvalue weighted by molar-refractivity contribution is 7.18. The quantitative estimate of drug-likeness (QED) is 0.347. The standard InChI is InChI=1S/C22H18F3N5O3S/c1-10-13(4)34-20-16(10)21(33)29(9-26-20)28-19(32)18(31)17-11(2)27-30(12(17)3)15-7-5-6-14(8-15)22(23,24)25/h5-9H,1-4H3,(H,28,32). The third kappa shape index (κ3) is 3.89. The lowest BCUT2D eigenvalue weighted by molar-refractivity contribution is -0.137. The van der Waals surface area contributed by atoms with E-state index < -0.39 is 29.0 Å². The molecule has 0 unspecified atom stereocenters. The highest BCUT2D eigenvalue weighted by Crippen LogP contribution is 2.31. The molecule has 34 heavy (non-hydrogen) atoms. The van der Waals surface area contributed by atoms with Crippen LogP contribution in [0.25, 0.3) is 15.9 Å². The number of nitrogens with zero attached hydrogens (tertiary/aromatic N) is 4. The number of alkyl halides is 3. The maximum absolute atomic E-state index is 13.1. The fraction of sp³-hybridized carbons (Fsp3) is 0.227. The van der Waals surface area contributed by atoms with Crippen LogP contribution in [0.5, 0.6) is 0 Å². The summed E-state index contributed by atoms with van der Waals surface area (Å²) in [6.07, 6.45) is -3.43. The first-order chi connectivity index (χ1) is 15.9. The molecule has 12 heteroatoms. The summed E-state index contributed by atoms with van der Waals surface area (Å²) in [5, 5.41) is 4.51. The zero-order chi connectivity index (χ0) is 24.9. The Kier molecular flexibility index (Phi) is 5.64. The molecule has 0 bridgehead atoms. The van der Waals surface area contributed by atoms with Crippen molar-refractivity contribution in [2.45, 2.75) is 33.9 Å². The van der Waals surface area contributed by atoms with Crippen molar-refractivity contribution < 1.29 is 22.8 Å². The normalized spacial score (nSPS) is 11.7. The summed E-state index contributed by atoms with van der Waals surface area (Å²) < 4.78 is 41.3. The molecule has 0 aliphatic heterocycles. The fourth-order valence-corrected chi connectivity index (χ4v) is 4.61. The molecule has 4 rings (SSSR count). The van der Waals surface area contributed by atoms with E-state index in [0.717, 1.165) is 33.6 Å². The van der Waals surface area contributed by atoms with Gasteiger partial charge in [-0.2, -0.15) is 18.3 Å². The van der Waals surface area contributed by atoms with Crippen LogP contribution in [-0.4, -0.2) is 31.1 Å². The van der Waals surface area contributed by atoms with Crippen LogP contribution in [0.15, 0.2) is 35.4 Å². The largest absolute Gasteiger partial charge is 0.416 e. The van der Waals surface area contributed by atoms with E-state index in [1.54, 1.807) is 6.92 Å². The summed E-state index contributed by atoms with van der Waals surface area (Å²) in [7, 11) is 0. The minimum Gasteiger partial charge on any atom is -0.283 e. The van der Waals surface area contributed by atoms with Gasteiger partial charge in [0.05, 0.1) is 33.6 Å². The Balaban J connectivity index is 1.67. The van der Waals surface area contributed by atoms with E-state index in [4.69, 9.17) is 0 Å². The van der Waals surface area contributed by atoms with Crippen LogP contribution in [0, 0.1) is 27.7 Å². The molecule has 0 radical (unpaired) electrons. The number of ketones is 1. The topological polar surface area (TPSA) is 98.9 Å². The maximum Gasteiger partial charge on any atom is 0.416 e. The Morgan fingerprint density at radius 2 is 1.82 bits per heavy atom. The van der Waals surface area contributed by atoms with Crippen LogP contribution in [0.1, 0.15) is 37.7 Å². The molecule has 3 aromatic heterocycles. The number of aryl methyl sites for hydroxylation is 3. The number of nitrogens with one attached hydrogen (secondary N) is 1. The van der Waals surface area contributed by atoms with Crippen molar-refractivity contribution in [2.75, 3.05) is 5.43 Å². The first-order valence-electron chi connectivity index (χ1n) is 9.97. The molecule has 1 N–H and O–H groups in total. The highest BCUT2D eigenvalue weighted by Gasteiger charge is 2.31. The second-order valence-corrected chi connectivity index (χ2v) is 8.86. The van der Waals surface area contributed by atoms with Crippen molar-refractivity contribution in [2.24, 2.45) is 0 Å². The molecule has 0 atom stereocenters. The summed E-state index contributed by atoms with van der Waals surface area (Å²) in [4.78, 5) is 44.0. The van der Waals surface area contributed by atoms with E-state index in [-0.39, 0.29) is 22.6 Å². The average Bonchev–Trinajstić information content (AvgIpc) is 3.24. The van der Waals surface area contributed by atoms with Crippen molar-refractivity contribution >= 4 is 33.2 Å². The predicted octanol–water partition coefficient (Wildman–Crippen LogP) is 3.85. The lowest BCUT2D eigenvalue weighted by atomic mass is 10.1. The summed E-state index contributed by atoms with van der Waals surface area (Å²) in [6, 6.07) is 4.47. The zero-order valence-corrected chi connectivity index (χ0v) is 19.3. The minimum atomic E-state index is -4.55. The van der Waals surface area contributed by atoms with E-state index in [1.165, 1.54) is 42.0 Å². The van der Waals surface area contributed by atoms with Gasteiger partial charge in [0, 0.05) is 4.88 Å². The molecule has 0 fully saturated rings. The number of hydrogen-bond donors (Lipinski definition) is 1. The highest BCUT2D eigenvalue weighted by atomic mass is 32.1. The second-order valence-electron chi connectivity index (χ2n) is 7.66. The summed E-state index contributed by atoms with van der Waals surface area (Å²) in [6.45, 7) is 6.55. The summed E-state index contributed by atoms with van der Waals surface area (Å²) in [5.74, 6) is -2.10. The molecule has 0 saturated carbocycles. The number of carbonyl (C=O) groups is 2. The Bertz CT molecular complexity index is 1530. The van der Waals surface area contributed by atoms with Crippen LogP contribution in [0.2, 0.25) is 0 Å². The number of aromatic nitrogens is 4. The SMILES string of the molecule is Cc1nn(-c2cccc(C(F)(F)F)c2)c(C)c1C(=O)C(=O)Nn1cnc2sc(C)c(C)c2c1=O. The number of carbonyl (C=O) groups excluding carboxylic acids is 2. The Morgan fingerprint density at radius 1 is 1.12 bits per heavy atom. The number of hydrogen-bond acceptors (Lipinski definition) is 6. The summed E-state index contributed by atoms with van der Waals surface area (Å²) >= 11 is 1.35. The molecular formula is C22H18F3N5O3S. The van der Waals surface area contributed by atoms with Crippen LogP contribution in [0.4, 0.5) is 13.2 Å². The lowest BCUT2D eigenvalue weighted by Crippen LogP contribution is -2.37. The smallest absolute Gasteiger partial charge is 0.283 e. The van der Waals surface area contributed by atoms with Gasteiger partial charge in [0.25, 0.3) is 11.3 Å². The molecule has 0 aliphatic rings. The van der Waals surface area contributed by atoms with Crippen molar-refractivity contribution in [3.63, 3.8) is 0 Å². The summed E-state index contributed by atoms with van der Waals surface area (Å²) in [5.41, 5.74) is 1.93. The van der Waals surface area contributed by atoms with E-state index in [9.17, 15) is 27.6 Å². The molecular weight excluding hydrogens is 471 g/mol. The van der Waals surface area contributed by atoms with Crippen LogP contribution in [0.3, 0.4) is 0 Å². The average molecular weight is 489 g/mol. The van der Waals surface area contributed by atoms with E-state index in [0.29, 0.717) is 10.2 Å². The van der Waals surface area contributed by atoms with Gasteiger partial charge in [0.15, 0.2) is 0 Å². The monoisotopic (exact) mass is 489 g/mol. The van der Waals surface area contributed by atoms with Crippen molar-refractivity contribution in [1.82, 2.24) is 19.4 Å². The molecule has 0 spiro atoms. The molecule has 8 nitrogen and oxygen atoms in total. The van der Waals surface area contributed by atoms with Gasteiger partial charge in [-0.25, -0.2) is 14.3 Å². The number of rotatable bonds is 4. The van der Waals surface area contributed by atoms with Gasteiger partial charge in [-0.1, -0.05) is 6.07 Å². The van der Waals surface area contributed by atoms with Crippen LogP contribution in [-0.2, 0) is 11.0 Å². The predicted molar refractivity (Wildman–Crippen MR) is 120 cm³/mol. The van der Waals surface area contributed by atoms with Crippen LogP contribution < -0.4 is 11.0 Å². The van der Waals surface area contributed by atoms with E-state index >= 15 is 0 Å². The number of fused-ring (bicyclic) bond motifs is 1. The Morgan fingerprint density at radius 3 is 2.50 bits per heavy atom. The second kappa shape index (κ2) is 8.20. The molecule has 3 heterocycles. The number of halogens is 3. The van der Waals surface area contributed by atoms with Gasteiger partial charge >= 0.3 is 12.1 Å². The molecule has 1 aromatic carbocycles. The van der Waals surface area contributed by atoms with Gasteiger partial charge in [0.1, 0.15) is 11.2 Å². The number of benzene rings is 1. The molecule has 0 aliphatic carbocycles. The van der Waals surface area contributed by atoms with Gasteiger partial charge < -0.3 is 0 Å². The molecule has 1 amide bonds. The van der Waals surface area contributed by atoms with Gasteiger partial charge in [-0.15, -0.1) is 11.3 Å². The Labute approximate surface area is 194 Å². The first kappa shape index (κ1) is 23.4. The third-order valence-corrected chi connectivity index (χ3v) is 6.57. The van der Waals surface area contributed by atoms with Gasteiger partial charge in [0.2, 0.25) is 0 Å². The minimum absolute atomic E-state index is 0.0699. The van der Waals surface area contributed by atoms with Gasteiger partial charge in [-0.05, 0) is 51.5 Å². The number of Topliss-reactive ketones (excluding diaryl/α,β-unsaturated/α-hetero) is 1. The van der Waals surface area contributed by atoms with E-state index in [1.807, 2.05) is 6.92 Å². The Hall–Kier alpha value is -3.80.